The highest BCUT2D eigenvalue weighted by Crippen LogP contribution is 2.41. The van der Waals surface area contributed by atoms with Crippen LogP contribution in [0, 0.1) is 0 Å². The third-order valence-corrected chi connectivity index (χ3v) is 11.5. The van der Waals surface area contributed by atoms with Crippen LogP contribution in [0.2, 0.25) is 0 Å². The number of hydrogen-bond acceptors (Lipinski definition) is 4. The minimum absolute atomic E-state index is 0.682. The molecule has 0 radical (unpaired) electrons. The van der Waals surface area contributed by atoms with Crippen LogP contribution in [0.4, 0.5) is 17.1 Å². The summed E-state index contributed by atoms with van der Waals surface area (Å²) in [5, 5.41) is 5.73. The van der Waals surface area contributed by atoms with Gasteiger partial charge in [0.05, 0.1) is 22.6 Å². The Kier molecular flexibility index (Phi) is 9.14. The molecule has 0 spiro atoms. The van der Waals surface area contributed by atoms with Gasteiger partial charge in [-0.3, -0.25) is 0 Å². The Bertz CT molecular complexity index is 3280. The number of anilines is 3. The van der Waals surface area contributed by atoms with Gasteiger partial charge in [-0.25, -0.2) is 15.0 Å². The predicted octanol–water partition coefficient (Wildman–Crippen LogP) is 15.1. The van der Waals surface area contributed by atoms with Crippen LogP contribution < -0.4 is 4.90 Å². The predicted molar refractivity (Wildman–Crippen MR) is 254 cm³/mol. The van der Waals surface area contributed by atoms with Crippen molar-refractivity contribution in [1.82, 2.24) is 15.0 Å². The van der Waals surface area contributed by atoms with Crippen LogP contribution in [0.25, 0.3) is 88.7 Å². The molecule has 61 heavy (non-hydrogen) atoms. The second kappa shape index (κ2) is 15.5. The van der Waals surface area contributed by atoms with Crippen molar-refractivity contribution in [2.45, 2.75) is 0 Å². The van der Waals surface area contributed by atoms with Crippen molar-refractivity contribution in [3.63, 3.8) is 0 Å². The maximum absolute atomic E-state index is 5.42. The highest BCUT2D eigenvalue weighted by molar-refractivity contribution is 6.22. The summed E-state index contributed by atoms with van der Waals surface area (Å²) in [6.07, 6.45) is 0. The average Bonchev–Trinajstić information content (AvgIpc) is 3.35. The highest BCUT2D eigenvalue weighted by Gasteiger charge is 2.18. The molecule has 0 amide bonds. The molecule has 0 fully saturated rings. The van der Waals surface area contributed by atoms with E-state index in [0.717, 1.165) is 78.3 Å². The number of para-hydroxylation sites is 2. The normalized spacial score (nSPS) is 11.3. The van der Waals surface area contributed by atoms with Gasteiger partial charge >= 0.3 is 0 Å². The lowest BCUT2D eigenvalue weighted by Gasteiger charge is -2.25. The van der Waals surface area contributed by atoms with E-state index in [1.54, 1.807) is 0 Å². The molecule has 0 bridgehead atoms. The number of nitrogens with zero attached hydrogens (tertiary/aromatic N) is 4. The molecule has 2 heterocycles. The zero-order valence-corrected chi connectivity index (χ0v) is 33.2. The fraction of sp³-hybridized carbons (Fsp3) is 0. The van der Waals surface area contributed by atoms with E-state index in [9.17, 15) is 0 Å². The van der Waals surface area contributed by atoms with E-state index in [1.807, 2.05) is 12.1 Å². The molecule has 0 aliphatic carbocycles. The van der Waals surface area contributed by atoms with Crippen molar-refractivity contribution in [1.29, 1.82) is 0 Å². The summed E-state index contributed by atoms with van der Waals surface area (Å²) in [5.74, 6) is 0.682. The smallest absolute Gasteiger partial charge is 0.160 e. The van der Waals surface area contributed by atoms with E-state index in [4.69, 9.17) is 15.0 Å². The van der Waals surface area contributed by atoms with Crippen molar-refractivity contribution >= 4 is 49.5 Å². The molecule has 0 atom stereocenters. The molecule has 0 saturated carbocycles. The largest absolute Gasteiger partial charge is 0.311 e. The number of benzene rings is 9. The molecule has 0 aliphatic rings. The molecule has 11 aromatic rings. The number of pyridine rings is 1. The summed E-state index contributed by atoms with van der Waals surface area (Å²) < 4.78 is 0. The molecular weight excluding hydrogens is 741 g/mol. The highest BCUT2D eigenvalue weighted by atomic mass is 15.1. The van der Waals surface area contributed by atoms with Crippen LogP contribution >= 0.6 is 0 Å². The average molecular weight is 779 g/mol. The van der Waals surface area contributed by atoms with Crippen LogP contribution in [-0.2, 0) is 0 Å². The van der Waals surface area contributed by atoms with Crippen LogP contribution in [0.5, 0.6) is 0 Å². The molecule has 0 unspecified atom stereocenters. The van der Waals surface area contributed by atoms with E-state index in [2.05, 4.69) is 223 Å². The molecular formula is C57H38N4. The summed E-state index contributed by atoms with van der Waals surface area (Å²) >= 11 is 0. The lowest BCUT2D eigenvalue weighted by molar-refractivity contribution is 1.18. The Morgan fingerprint density at radius 3 is 1.48 bits per heavy atom. The van der Waals surface area contributed by atoms with Crippen LogP contribution in [0.3, 0.4) is 0 Å². The molecule has 9 aromatic carbocycles. The SMILES string of the molecule is c1ccc(-c2ccc(-c3nc(-c4ccccc4)cc(-c4ccc5nc(-c6ccc(N(c7ccccc7)c7ccccc7)cc6)c6ccc7ccccc7c6c5c4)n3)cc2)cc1. The molecule has 286 valence electrons. The molecule has 0 saturated heterocycles. The van der Waals surface area contributed by atoms with Gasteiger partial charge in [0.15, 0.2) is 5.82 Å². The van der Waals surface area contributed by atoms with E-state index in [1.165, 1.54) is 21.7 Å². The first-order chi connectivity index (χ1) is 30.2. The third-order valence-electron chi connectivity index (χ3n) is 11.5. The Morgan fingerprint density at radius 1 is 0.295 bits per heavy atom. The Hall–Kier alpha value is -8.21. The summed E-state index contributed by atoms with van der Waals surface area (Å²) in [5.41, 5.74) is 13.3. The van der Waals surface area contributed by atoms with Crippen molar-refractivity contribution in [3.8, 4) is 56.3 Å². The first-order valence-electron chi connectivity index (χ1n) is 20.6. The first-order valence-corrected chi connectivity index (χ1v) is 20.6. The topological polar surface area (TPSA) is 41.9 Å². The van der Waals surface area contributed by atoms with Gasteiger partial charge in [0.2, 0.25) is 0 Å². The quantitative estimate of drug-likeness (QED) is 0.144. The summed E-state index contributed by atoms with van der Waals surface area (Å²) in [7, 11) is 0. The monoisotopic (exact) mass is 778 g/mol. The Balaban J connectivity index is 1.05. The molecule has 4 heteroatoms. The van der Waals surface area contributed by atoms with Gasteiger partial charge in [0, 0.05) is 55.5 Å². The maximum atomic E-state index is 5.42. The number of fused-ring (bicyclic) bond motifs is 5. The standard InChI is InChI=1S/C57H38N4/c1-5-15-39(16-6-1)40-25-27-44(28-26-40)57-59-53(42-18-7-2-8-19-42)38-54(60-57)45-32-36-52-51(37-45)55-49-24-14-13-17-41(49)31-35-50(55)56(58-52)43-29-33-48(34-30-43)61(46-20-9-3-10-21-46)47-22-11-4-12-23-47/h1-38H. The molecule has 11 rings (SSSR count). The lowest BCUT2D eigenvalue weighted by atomic mass is 9.94. The van der Waals surface area contributed by atoms with Crippen LogP contribution in [0.1, 0.15) is 0 Å². The minimum Gasteiger partial charge on any atom is -0.311 e. The Labute approximate surface area is 354 Å². The van der Waals surface area contributed by atoms with E-state index < -0.39 is 0 Å². The van der Waals surface area contributed by atoms with Crippen molar-refractivity contribution in [2.24, 2.45) is 0 Å². The van der Waals surface area contributed by atoms with Gasteiger partial charge in [-0.1, -0.05) is 176 Å². The van der Waals surface area contributed by atoms with E-state index in [0.29, 0.717) is 5.82 Å². The van der Waals surface area contributed by atoms with Crippen molar-refractivity contribution in [3.05, 3.63) is 231 Å². The second-order valence-electron chi connectivity index (χ2n) is 15.2. The van der Waals surface area contributed by atoms with Crippen molar-refractivity contribution in [2.75, 3.05) is 4.90 Å². The zero-order valence-electron chi connectivity index (χ0n) is 33.2. The fourth-order valence-electron chi connectivity index (χ4n) is 8.45. The van der Waals surface area contributed by atoms with Crippen molar-refractivity contribution < 1.29 is 0 Å². The number of hydrogen-bond donors (Lipinski definition) is 0. The molecule has 0 aliphatic heterocycles. The minimum atomic E-state index is 0.682. The molecule has 4 nitrogen and oxygen atoms in total. The van der Waals surface area contributed by atoms with Gasteiger partial charge < -0.3 is 4.90 Å². The fourth-order valence-corrected chi connectivity index (χ4v) is 8.45. The van der Waals surface area contributed by atoms with Gasteiger partial charge in [0.1, 0.15) is 0 Å². The van der Waals surface area contributed by atoms with Crippen LogP contribution in [0.15, 0.2) is 231 Å². The summed E-state index contributed by atoms with van der Waals surface area (Å²) in [6, 6.07) is 80.9. The van der Waals surface area contributed by atoms with E-state index >= 15 is 0 Å². The molecule has 0 N–H and O–H groups in total. The number of rotatable bonds is 8. The van der Waals surface area contributed by atoms with Gasteiger partial charge in [-0.15, -0.1) is 0 Å². The van der Waals surface area contributed by atoms with Gasteiger partial charge in [-0.2, -0.15) is 0 Å². The van der Waals surface area contributed by atoms with Gasteiger partial charge in [0.25, 0.3) is 0 Å². The summed E-state index contributed by atoms with van der Waals surface area (Å²) in [4.78, 5) is 18.1. The zero-order chi connectivity index (χ0) is 40.5. The lowest BCUT2D eigenvalue weighted by Crippen LogP contribution is -2.09. The first kappa shape index (κ1) is 35.9. The maximum Gasteiger partial charge on any atom is 0.160 e. The van der Waals surface area contributed by atoms with E-state index in [-0.39, 0.29) is 0 Å². The Morgan fingerprint density at radius 2 is 0.803 bits per heavy atom. The summed E-state index contributed by atoms with van der Waals surface area (Å²) in [6.45, 7) is 0. The van der Waals surface area contributed by atoms with Crippen LogP contribution in [-0.4, -0.2) is 15.0 Å². The second-order valence-corrected chi connectivity index (χ2v) is 15.2. The van der Waals surface area contributed by atoms with Gasteiger partial charge in [-0.05, 0) is 76.5 Å². The molecule has 2 aromatic heterocycles. The third kappa shape index (κ3) is 6.86. The number of aromatic nitrogens is 3.